The molecule has 7 heteroatoms. The molecule has 2 heterocycles. The summed E-state index contributed by atoms with van der Waals surface area (Å²) in [5.41, 5.74) is 0.317. The van der Waals surface area contributed by atoms with Gasteiger partial charge < -0.3 is 4.42 Å². The predicted octanol–water partition coefficient (Wildman–Crippen LogP) is 4.36. The maximum Gasteiger partial charge on any atom is 0.268 e. The molecule has 0 saturated heterocycles. The SMILES string of the molecule is O=C(c1ccco1)c1cc2ccc(Cl)cc2n1S(=O)(=O)c1ccccc1. The van der Waals surface area contributed by atoms with Crippen LogP contribution in [0.25, 0.3) is 10.9 Å². The molecular formula is C19H12ClNO4S. The van der Waals surface area contributed by atoms with E-state index in [0.29, 0.717) is 15.9 Å². The Labute approximate surface area is 154 Å². The van der Waals surface area contributed by atoms with E-state index in [2.05, 4.69) is 0 Å². The van der Waals surface area contributed by atoms with E-state index in [-0.39, 0.29) is 16.3 Å². The summed E-state index contributed by atoms with van der Waals surface area (Å²) in [6.45, 7) is 0. The van der Waals surface area contributed by atoms with Crippen LogP contribution in [0.3, 0.4) is 0 Å². The van der Waals surface area contributed by atoms with Crippen LogP contribution in [-0.2, 0) is 10.0 Å². The van der Waals surface area contributed by atoms with E-state index in [9.17, 15) is 13.2 Å². The van der Waals surface area contributed by atoms with Crippen LogP contribution in [0, 0.1) is 0 Å². The number of rotatable bonds is 4. The number of ketones is 1. The van der Waals surface area contributed by atoms with E-state index < -0.39 is 15.8 Å². The molecule has 0 aliphatic rings. The van der Waals surface area contributed by atoms with Crippen molar-refractivity contribution in [2.24, 2.45) is 0 Å². The molecule has 0 N–H and O–H groups in total. The number of carbonyl (C=O) groups excluding carboxylic acids is 1. The topological polar surface area (TPSA) is 69.3 Å². The van der Waals surface area contributed by atoms with Gasteiger partial charge in [0.25, 0.3) is 10.0 Å². The van der Waals surface area contributed by atoms with Gasteiger partial charge in [0.1, 0.15) is 5.69 Å². The van der Waals surface area contributed by atoms with Crippen molar-refractivity contribution in [2.75, 3.05) is 0 Å². The zero-order valence-corrected chi connectivity index (χ0v) is 14.9. The molecule has 0 saturated carbocycles. The summed E-state index contributed by atoms with van der Waals surface area (Å²) in [7, 11) is -4.01. The number of aromatic nitrogens is 1. The van der Waals surface area contributed by atoms with E-state index in [1.54, 1.807) is 36.4 Å². The molecule has 130 valence electrons. The molecule has 2 aromatic heterocycles. The highest BCUT2D eigenvalue weighted by Crippen LogP contribution is 2.29. The Bertz CT molecular complexity index is 1210. The maximum absolute atomic E-state index is 13.3. The third-order valence-corrected chi connectivity index (χ3v) is 5.96. The van der Waals surface area contributed by atoms with Gasteiger partial charge in [0.05, 0.1) is 16.7 Å². The first kappa shape index (κ1) is 16.6. The van der Waals surface area contributed by atoms with E-state index in [4.69, 9.17) is 16.0 Å². The highest BCUT2D eigenvalue weighted by Gasteiger charge is 2.28. The second-order valence-electron chi connectivity index (χ2n) is 5.62. The van der Waals surface area contributed by atoms with Gasteiger partial charge in [0.2, 0.25) is 5.78 Å². The zero-order valence-electron chi connectivity index (χ0n) is 13.3. The lowest BCUT2D eigenvalue weighted by Crippen LogP contribution is -2.18. The van der Waals surface area contributed by atoms with Crippen LogP contribution < -0.4 is 0 Å². The fourth-order valence-electron chi connectivity index (χ4n) is 2.80. The number of halogens is 1. The first-order chi connectivity index (χ1) is 12.5. The Balaban J connectivity index is 2.05. The Hall–Kier alpha value is -2.83. The van der Waals surface area contributed by atoms with E-state index in [1.165, 1.54) is 36.6 Å². The minimum absolute atomic E-state index is 0.0129. The number of hydrogen-bond acceptors (Lipinski definition) is 4. The van der Waals surface area contributed by atoms with Gasteiger partial charge in [-0.3, -0.25) is 4.79 Å². The summed E-state index contributed by atoms with van der Waals surface area (Å²) in [5, 5.41) is 0.959. The van der Waals surface area contributed by atoms with Crippen LogP contribution in [0.1, 0.15) is 16.2 Å². The molecule has 0 bridgehead atoms. The van der Waals surface area contributed by atoms with Crippen LogP contribution >= 0.6 is 11.6 Å². The molecule has 0 radical (unpaired) electrons. The van der Waals surface area contributed by atoms with Gasteiger partial charge in [-0.25, -0.2) is 12.4 Å². The van der Waals surface area contributed by atoms with Crippen molar-refractivity contribution < 1.29 is 17.6 Å². The van der Waals surface area contributed by atoms with E-state index in [0.717, 1.165) is 3.97 Å². The van der Waals surface area contributed by atoms with Gasteiger partial charge in [0, 0.05) is 10.4 Å². The second kappa shape index (κ2) is 6.16. The van der Waals surface area contributed by atoms with Gasteiger partial charge in [-0.05, 0) is 42.5 Å². The average molecular weight is 386 g/mol. The lowest BCUT2D eigenvalue weighted by Gasteiger charge is -2.11. The summed E-state index contributed by atoms with van der Waals surface area (Å²) in [6.07, 6.45) is 1.36. The van der Waals surface area contributed by atoms with Gasteiger partial charge in [-0.15, -0.1) is 0 Å². The number of fused-ring (bicyclic) bond motifs is 1. The minimum atomic E-state index is -4.01. The molecule has 0 unspecified atom stereocenters. The van der Waals surface area contributed by atoms with Crippen molar-refractivity contribution in [2.45, 2.75) is 4.90 Å². The van der Waals surface area contributed by atoms with Gasteiger partial charge >= 0.3 is 0 Å². The quantitative estimate of drug-likeness (QED) is 0.489. The Morgan fingerprint density at radius 3 is 2.42 bits per heavy atom. The highest BCUT2D eigenvalue weighted by molar-refractivity contribution is 7.90. The molecule has 26 heavy (non-hydrogen) atoms. The second-order valence-corrected chi connectivity index (χ2v) is 7.84. The first-order valence-corrected chi connectivity index (χ1v) is 9.50. The molecule has 0 spiro atoms. The Morgan fingerprint density at radius 1 is 0.962 bits per heavy atom. The summed E-state index contributed by atoms with van der Waals surface area (Å²) < 4.78 is 32.7. The zero-order chi connectivity index (χ0) is 18.3. The van der Waals surface area contributed by atoms with Crippen LogP contribution in [0.2, 0.25) is 5.02 Å². The number of nitrogens with zero attached hydrogens (tertiary/aromatic N) is 1. The van der Waals surface area contributed by atoms with Crippen LogP contribution in [0.5, 0.6) is 0 Å². The van der Waals surface area contributed by atoms with Crippen LogP contribution in [0.4, 0.5) is 0 Å². The van der Waals surface area contributed by atoms with Gasteiger partial charge in [0.15, 0.2) is 5.76 Å². The summed E-state index contributed by atoms with van der Waals surface area (Å²) in [6, 6.07) is 17.4. The van der Waals surface area contributed by atoms with E-state index >= 15 is 0 Å². The first-order valence-electron chi connectivity index (χ1n) is 7.68. The van der Waals surface area contributed by atoms with Crippen molar-refractivity contribution in [3.8, 4) is 0 Å². The number of carbonyl (C=O) groups is 1. The van der Waals surface area contributed by atoms with Gasteiger partial charge in [-0.2, -0.15) is 0 Å². The largest absolute Gasteiger partial charge is 0.461 e. The predicted molar refractivity (Wildman–Crippen MR) is 98.1 cm³/mol. The Morgan fingerprint density at radius 2 is 1.73 bits per heavy atom. The van der Waals surface area contributed by atoms with Crippen molar-refractivity contribution in [1.82, 2.24) is 3.97 Å². The lowest BCUT2D eigenvalue weighted by atomic mass is 10.2. The molecule has 2 aromatic carbocycles. The number of hydrogen-bond donors (Lipinski definition) is 0. The molecule has 0 fully saturated rings. The normalized spacial score (nSPS) is 11.7. The molecule has 0 aliphatic heterocycles. The van der Waals surface area contributed by atoms with Crippen molar-refractivity contribution in [1.29, 1.82) is 0 Å². The minimum Gasteiger partial charge on any atom is -0.461 e. The molecule has 4 rings (SSSR count). The molecule has 0 atom stereocenters. The summed E-state index contributed by atoms with van der Waals surface area (Å²) >= 11 is 6.06. The summed E-state index contributed by atoms with van der Waals surface area (Å²) in [5.74, 6) is -0.467. The highest BCUT2D eigenvalue weighted by atomic mass is 35.5. The van der Waals surface area contributed by atoms with E-state index in [1.807, 2.05) is 0 Å². The number of furan rings is 1. The molecule has 4 aromatic rings. The molecule has 0 aliphatic carbocycles. The van der Waals surface area contributed by atoms with Crippen molar-refractivity contribution >= 4 is 38.3 Å². The van der Waals surface area contributed by atoms with Gasteiger partial charge in [-0.1, -0.05) is 35.9 Å². The molecule has 5 nitrogen and oxygen atoms in total. The standard InChI is InChI=1S/C19H12ClNO4S/c20-14-9-8-13-11-17(19(22)18-7-4-10-25-18)21(16(13)12-14)26(23,24)15-5-2-1-3-6-15/h1-12H. The molecule has 0 amide bonds. The van der Waals surface area contributed by atoms with Crippen LogP contribution in [0.15, 0.2) is 82.3 Å². The average Bonchev–Trinajstić information content (AvgIpc) is 3.29. The fourth-order valence-corrected chi connectivity index (χ4v) is 4.49. The lowest BCUT2D eigenvalue weighted by molar-refractivity contribution is 0.100. The number of benzene rings is 2. The fraction of sp³-hybridized carbons (Fsp3) is 0. The van der Waals surface area contributed by atoms with Crippen molar-refractivity contribution in [3.05, 3.63) is 89.5 Å². The van der Waals surface area contributed by atoms with Crippen LogP contribution in [-0.4, -0.2) is 18.2 Å². The molecular weight excluding hydrogens is 374 g/mol. The monoisotopic (exact) mass is 385 g/mol. The third-order valence-electron chi connectivity index (χ3n) is 3.98. The Kier molecular flexibility index (Phi) is 3.94. The maximum atomic E-state index is 13.3. The van der Waals surface area contributed by atoms with Crippen molar-refractivity contribution in [3.63, 3.8) is 0 Å². The third kappa shape index (κ3) is 2.64. The summed E-state index contributed by atoms with van der Waals surface area (Å²) in [4.78, 5) is 12.9. The smallest absolute Gasteiger partial charge is 0.268 e.